The molecule has 0 atom stereocenters. The average molecular weight is 274 g/mol. The summed E-state index contributed by atoms with van der Waals surface area (Å²) in [7, 11) is 0. The van der Waals surface area contributed by atoms with Crippen molar-refractivity contribution in [3.8, 4) is 0 Å². The molecule has 0 saturated heterocycles. The lowest BCUT2D eigenvalue weighted by Gasteiger charge is -2.06. The van der Waals surface area contributed by atoms with Gasteiger partial charge in [0.2, 0.25) is 0 Å². The van der Waals surface area contributed by atoms with Crippen LogP contribution in [0, 0.1) is 17.5 Å². The largest absolute Gasteiger partial charge is 0.476 e. The number of aromatic carboxylic acids is 1. The Balaban J connectivity index is 2.38. The Morgan fingerprint density at radius 2 is 2.00 bits per heavy atom. The Hall–Kier alpha value is -2.09. The summed E-state index contributed by atoms with van der Waals surface area (Å²) in [4.78, 5) is 14.3. The highest BCUT2D eigenvalue weighted by atomic mass is 32.1. The first-order chi connectivity index (χ1) is 8.50. The summed E-state index contributed by atoms with van der Waals surface area (Å²) in [5.74, 6) is -5.66. The highest BCUT2D eigenvalue weighted by Crippen LogP contribution is 2.28. The number of carbonyl (C=O) groups is 1. The molecule has 0 saturated carbocycles. The maximum atomic E-state index is 13.3. The number of rotatable bonds is 3. The molecule has 0 bridgehead atoms. The monoisotopic (exact) mass is 274 g/mol. The molecule has 2 aromatic rings. The van der Waals surface area contributed by atoms with Gasteiger partial charge in [0.25, 0.3) is 0 Å². The molecule has 0 aliphatic heterocycles. The van der Waals surface area contributed by atoms with E-state index >= 15 is 0 Å². The summed E-state index contributed by atoms with van der Waals surface area (Å²) in [6.07, 6.45) is 0. The molecule has 1 heterocycles. The number of nitrogens with zero attached hydrogens (tertiary/aromatic N) is 1. The number of anilines is 2. The molecule has 0 fully saturated rings. The van der Waals surface area contributed by atoms with Crippen molar-refractivity contribution >= 4 is 28.0 Å². The quantitative estimate of drug-likeness (QED) is 0.844. The zero-order chi connectivity index (χ0) is 13.3. The van der Waals surface area contributed by atoms with E-state index in [1.165, 1.54) is 5.51 Å². The van der Waals surface area contributed by atoms with Crippen LogP contribution < -0.4 is 5.32 Å². The number of nitrogens with one attached hydrogen (secondary N) is 1. The van der Waals surface area contributed by atoms with Crippen LogP contribution in [-0.4, -0.2) is 16.1 Å². The van der Waals surface area contributed by atoms with E-state index in [0.29, 0.717) is 0 Å². The molecule has 0 aliphatic carbocycles. The first kappa shape index (κ1) is 12.4. The molecule has 1 aromatic carbocycles. The number of thiazole rings is 1. The predicted octanol–water partition coefficient (Wildman–Crippen LogP) is 3.00. The molecule has 4 nitrogen and oxygen atoms in total. The normalized spacial score (nSPS) is 10.4. The topological polar surface area (TPSA) is 62.2 Å². The van der Waals surface area contributed by atoms with E-state index in [-0.39, 0.29) is 16.4 Å². The van der Waals surface area contributed by atoms with Crippen LogP contribution in [-0.2, 0) is 0 Å². The molecule has 0 amide bonds. The highest BCUT2D eigenvalue weighted by molar-refractivity contribution is 7.14. The SMILES string of the molecule is O=C(O)c1ncsc1Nc1ccc(F)c(F)c1F. The highest BCUT2D eigenvalue weighted by Gasteiger charge is 2.18. The summed E-state index contributed by atoms with van der Waals surface area (Å²) in [6.45, 7) is 0. The number of carboxylic acids is 1. The van der Waals surface area contributed by atoms with Gasteiger partial charge < -0.3 is 10.4 Å². The van der Waals surface area contributed by atoms with Crippen LogP contribution in [0.4, 0.5) is 23.9 Å². The standard InChI is InChI=1S/C10H5F3N2O2S/c11-4-1-2-5(7(13)6(4)12)15-9-8(10(16)17)14-3-18-9/h1-3,15H,(H,16,17). The van der Waals surface area contributed by atoms with Gasteiger partial charge in [-0.1, -0.05) is 0 Å². The Kier molecular flexibility index (Phi) is 3.19. The fraction of sp³-hybridized carbons (Fsp3) is 0. The second-order valence-electron chi connectivity index (χ2n) is 3.18. The second-order valence-corrected chi connectivity index (χ2v) is 4.04. The molecule has 1 aromatic heterocycles. The zero-order valence-corrected chi connectivity index (χ0v) is 9.39. The summed E-state index contributed by atoms with van der Waals surface area (Å²) in [5, 5.41) is 11.2. The summed E-state index contributed by atoms with van der Waals surface area (Å²) < 4.78 is 39.0. The average Bonchev–Trinajstić information content (AvgIpc) is 2.78. The zero-order valence-electron chi connectivity index (χ0n) is 8.58. The van der Waals surface area contributed by atoms with E-state index in [1.54, 1.807) is 0 Å². The van der Waals surface area contributed by atoms with Crippen LogP contribution in [0.15, 0.2) is 17.6 Å². The van der Waals surface area contributed by atoms with Gasteiger partial charge in [0.05, 0.1) is 11.2 Å². The molecule has 94 valence electrons. The summed E-state index contributed by atoms with van der Waals surface area (Å²) in [5.41, 5.74) is 0.564. The number of benzene rings is 1. The van der Waals surface area contributed by atoms with Crippen LogP contribution >= 0.6 is 11.3 Å². The van der Waals surface area contributed by atoms with E-state index in [1.807, 2.05) is 0 Å². The Bertz CT molecular complexity index is 615. The van der Waals surface area contributed by atoms with Gasteiger partial charge in [0, 0.05) is 0 Å². The van der Waals surface area contributed by atoms with Crippen molar-refractivity contribution in [2.75, 3.05) is 5.32 Å². The van der Waals surface area contributed by atoms with E-state index < -0.39 is 23.4 Å². The summed E-state index contributed by atoms with van der Waals surface area (Å²) >= 11 is 0.906. The fourth-order valence-corrected chi connectivity index (χ4v) is 1.92. The summed E-state index contributed by atoms with van der Waals surface area (Å²) in [6, 6.07) is 1.71. The lowest BCUT2D eigenvalue weighted by molar-refractivity contribution is 0.0692. The predicted molar refractivity (Wildman–Crippen MR) is 58.7 cm³/mol. The smallest absolute Gasteiger partial charge is 0.357 e. The van der Waals surface area contributed by atoms with Crippen LogP contribution in [0.3, 0.4) is 0 Å². The molecular formula is C10H5F3N2O2S. The molecule has 18 heavy (non-hydrogen) atoms. The molecule has 8 heteroatoms. The third-order valence-electron chi connectivity index (χ3n) is 2.05. The first-order valence-corrected chi connectivity index (χ1v) is 5.46. The van der Waals surface area contributed by atoms with Crippen LogP contribution in [0.25, 0.3) is 0 Å². The van der Waals surface area contributed by atoms with Gasteiger partial charge in [-0.15, -0.1) is 11.3 Å². The Labute approximate surface area is 103 Å². The molecular weight excluding hydrogens is 269 g/mol. The van der Waals surface area contributed by atoms with Gasteiger partial charge in [-0.05, 0) is 12.1 Å². The van der Waals surface area contributed by atoms with Crippen molar-refractivity contribution < 1.29 is 23.1 Å². The minimum absolute atomic E-state index is 0.0346. The fourth-order valence-electron chi connectivity index (χ4n) is 1.23. The molecule has 0 aliphatic rings. The Morgan fingerprint density at radius 3 is 2.67 bits per heavy atom. The van der Waals surface area contributed by atoms with Crippen molar-refractivity contribution in [1.29, 1.82) is 0 Å². The Morgan fingerprint density at radius 1 is 1.28 bits per heavy atom. The second kappa shape index (κ2) is 4.65. The van der Waals surface area contributed by atoms with Crippen LogP contribution in [0.5, 0.6) is 0 Å². The molecule has 0 spiro atoms. The van der Waals surface area contributed by atoms with Gasteiger partial charge in [0.1, 0.15) is 5.00 Å². The molecule has 2 rings (SSSR count). The van der Waals surface area contributed by atoms with Gasteiger partial charge in [-0.3, -0.25) is 0 Å². The van der Waals surface area contributed by atoms with E-state index in [0.717, 1.165) is 23.5 Å². The van der Waals surface area contributed by atoms with Gasteiger partial charge in [0.15, 0.2) is 23.1 Å². The third kappa shape index (κ3) is 2.14. The lowest BCUT2D eigenvalue weighted by atomic mass is 10.3. The maximum Gasteiger partial charge on any atom is 0.357 e. The van der Waals surface area contributed by atoms with E-state index in [2.05, 4.69) is 10.3 Å². The lowest BCUT2D eigenvalue weighted by Crippen LogP contribution is -2.03. The van der Waals surface area contributed by atoms with Crippen molar-refractivity contribution in [2.45, 2.75) is 0 Å². The van der Waals surface area contributed by atoms with Crippen LogP contribution in [0.2, 0.25) is 0 Å². The van der Waals surface area contributed by atoms with Crippen molar-refractivity contribution in [1.82, 2.24) is 4.98 Å². The minimum Gasteiger partial charge on any atom is -0.476 e. The molecule has 0 unspecified atom stereocenters. The van der Waals surface area contributed by atoms with Gasteiger partial charge in [-0.25, -0.2) is 22.9 Å². The van der Waals surface area contributed by atoms with E-state index in [4.69, 9.17) is 5.11 Å². The van der Waals surface area contributed by atoms with Gasteiger partial charge >= 0.3 is 5.97 Å². The number of halogens is 3. The maximum absolute atomic E-state index is 13.3. The van der Waals surface area contributed by atoms with Crippen molar-refractivity contribution in [3.63, 3.8) is 0 Å². The number of hydrogen-bond donors (Lipinski definition) is 2. The first-order valence-electron chi connectivity index (χ1n) is 4.58. The number of hydrogen-bond acceptors (Lipinski definition) is 4. The van der Waals surface area contributed by atoms with Crippen molar-refractivity contribution in [3.05, 3.63) is 40.8 Å². The number of carboxylic acid groups (broad SMARTS) is 1. The van der Waals surface area contributed by atoms with Crippen LogP contribution in [0.1, 0.15) is 10.5 Å². The third-order valence-corrected chi connectivity index (χ3v) is 2.80. The number of aromatic nitrogens is 1. The van der Waals surface area contributed by atoms with E-state index in [9.17, 15) is 18.0 Å². The van der Waals surface area contributed by atoms with Crippen molar-refractivity contribution in [2.24, 2.45) is 0 Å². The molecule has 2 N–H and O–H groups in total. The minimum atomic E-state index is -1.62. The van der Waals surface area contributed by atoms with Gasteiger partial charge in [-0.2, -0.15) is 0 Å². The molecule has 0 radical (unpaired) electrons.